The van der Waals surface area contributed by atoms with Gasteiger partial charge in [-0.15, -0.1) is 0 Å². The number of nitrogens with zero attached hydrogens (tertiary/aromatic N) is 2. The fourth-order valence-electron chi connectivity index (χ4n) is 4.04. The van der Waals surface area contributed by atoms with Gasteiger partial charge in [0.25, 0.3) is 11.8 Å². The Hall–Kier alpha value is -4.69. The molecule has 2 heterocycles. The van der Waals surface area contributed by atoms with Crippen molar-refractivity contribution in [3.05, 3.63) is 101 Å². The monoisotopic (exact) mass is 498 g/mol. The molecule has 1 aliphatic heterocycles. The molecular formula is C27H19ClN4O4. The van der Waals surface area contributed by atoms with E-state index in [2.05, 4.69) is 10.6 Å². The second-order valence-corrected chi connectivity index (χ2v) is 8.51. The predicted molar refractivity (Wildman–Crippen MR) is 137 cm³/mol. The number of urea groups is 1. The summed E-state index contributed by atoms with van der Waals surface area (Å²) in [7, 11) is 0. The van der Waals surface area contributed by atoms with E-state index in [9.17, 15) is 19.2 Å². The van der Waals surface area contributed by atoms with E-state index in [4.69, 9.17) is 11.6 Å². The number of barbiturate groups is 1. The van der Waals surface area contributed by atoms with Gasteiger partial charge in [-0.05, 0) is 48.5 Å². The number of benzene rings is 3. The zero-order valence-corrected chi connectivity index (χ0v) is 19.5. The lowest BCUT2D eigenvalue weighted by atomic mass is 10.1. The van der Waals surface area contributed by atoms with Crippen molar-refractivity contribution in [1.82, 2.24) is 9.88 Å². The molecule has 1 aromatic heterocycles. The largest absolute Gasteiger partial charge is 0.337 e. The first-order valence-electron chi connectivity index (χ1n) is 11.0. The number of anilines is 2. The summed E-state index contributed by atoms with van der Waals surface area (Å²) in [5.41, 5.74) is 2.06. The van der Waals surface area contributed by atoms with Gasteiger partial charge in [0.05, 0.1) is 5.69 Å². The van der Waals surface area contributed by atoms with Crippen LogP contribution in [0.25, 0.3) is 17.0 Å². The molecule has 1 fully saturated rings. The van der Waals surface area contributed by atoms with Gasteiger partial charge < -0.3 is 9.88 Å². The molecule has 1 saturated heterocycles. The van der Waals surface area contributed by atoms with E-state index >= 15 is 0 Å². The quantitative estimate of drug-likeness (QED) is 0.310. The molecular weight excluding hydrogens is 480 g/mol. The molecule has 4 aromatic rings. The number of para-hydroxylation sites is 2. The van der Waals surface area contributed by atoms with Crippen molar-refractivity contribution in [2.45, 2.75) is 6.54 Å². The lowest BCUT2D eigenvalue weighted by Gasteiger charge is -2.26. The molecule has 5 amide bonds. The number of nitrogens with one attached hydrogen (secondary N) is 2. The first-order chi connectivity index (χ1) is 17.4. The molecule has 178 valence electrons. The van der Waals surface area contributed by atoms with Crippen LogP contribution in [0.5, 0.6) is 0 Å². The molecule has 0 radical (unpaired) electrons. The first kappa shape index (κ1) is 23.1. The molecule has 36 heavy (non-hydrogen) atoms. The Morgan fingerprint density at radius 1 is 0.917 bits per heavy atom. The number of imide groups is 2. The zero-order chi connectivity index (χ0) is 25.2. The van der Waals surface area contributed by atoms with Gasteiger partial charge in [0.15, 0.2) is 0 Å². The van der Waals surface area contributed by atoms with E-state index in [1.165, 1.54) is 18.2 Å². The average molecular weight is 499 g/mol. The maximum Gasteiger partial charge on any atom is 0.335 e. The van der Waals surface area contributed by atoms with Crippen molar-refractivity contribution in [1.29, 1.82) is 0 Å². The molecule has 0 unspecified atom stereocenters. The number of carbonyl (C=O) groups excluding carboxylic acids is 4. The number of carbonyl (C=O) groups is 4. The molecule has 0 saturated carbocycles. The highest BCUT2D eigenvalue weighted by Gasteiger charge is 2.37. The zero-order valence-electron chi connectivity index (χ0n) is 18.8. The van der Waals surface area contributed by atoms with Gasteiger partial charge in [-0.3, -0.25) is 19.7 Å². The molecule has 5 rings (SSSR count). The number of hydrogen-bond donors (Lipinski definition) is 2. The highest BCUT2D eigenvalue weighted by molar-refractivity contribution is 6.39. The topological polar surface area (TPSA) is 101 Å². The minimum atomic E-state index is -0.843. The van der Waals surface area contributed by atoms with Gasteiger partial charge in [-0.2, -0.15) is 0 Å². The Bertz CT molecular complexity index is 1540. The molecule has 2 N–H and O–H groups in total. The van der Waals surface area contributed by atoms with E-state index < -0.39 is 17.8 Å². The lowest BCUT2D eigenvalue weighted by molar-refractivity contribution is -0.122. The Morgan fingerprint density at radius 3 is 2.36 bits per heavy atom. The molecule has 8 nitrogen and oxygen atoms in total. The first-order valence-corrected chi connectivity index (χ1v) is 11.4. The van der Waals surface area contributed by atoms with Crippen LogP contribution < -0.4 is 15.5 Å². The molecule has 3 aromatic carbocycles. The van der Waals surface area contributed by atoms with E-state index in [1.807, 2.05) is 42.5 Å². The standard InChI is InChI=1S/C27H19ClN4O4/c28-18-10-12-20(13-11-18)32-26(35)22(25(34)30-27(32)36)14-17-15-31(23-9-5-4-8-21(17)23)16-24(33)29-19-6-2-1-3-7-19/h1-15H,16H2,(H,29,33)(H,30,34,36). The number of fused-ring (bicyclic) bond motifs is 1. The third-order valence-electron chi connectivity index (χ3n) is 5.68. The summed E-state index contributed by atoms with van der Waals surface area (Å²) >= 11 is 5.92. The fraction of sp³-hybridized carbons (Fsp3) is 0.0370. The maximum absolute atomic E-state index is 13.2. The Morgan fingerprint density at radius 2 is 1.61 bits per heavy atom. The minimum absolute atomic E-state index is 0.0219. The van der Waals surface area contributed by atoms with Crippen molar-refractivity contribution in [3.8, 4) is 0 Å². The molecule has 0 atom stereocenters. The van der Waals surface area contributed by atoms with Crippen LogP contribution >= 0.6 is 11.6 Å². The van der Waals surface area contributed by atoms with Gasteiger partial charge in [-0.1, -0.05) is 48.0 Å². The Kier molecular flexibility index (Phi) is 6.10. The number of halogens is 1. The van der Waals surface area contributed by atoms with Crippen molar-refractivity contribution in [2.24, 2.45) is 0 Å². The van der Waals surface area contributed by atoms with Crippen LogP contribution in [0.1, 0.15) is 5.56 Å². The third-order valence-corrected chi connectivity index (χ3v) is 5.93. The summed E-state index contributed by atoms with van der Waals surface area (Å²) in [6.45, 7) is 0.0219. The number of aromatic nitrogens is 1. The second kappa shape index (κ2) is 9.52. The van der Waals surface area contributed by atoms with Crippen LogP contribution in [0.3, 0.4) is 0 Å². The summed E-state index contributed by atoms with van der Waals surface area (Å²) in [4.78, 5) is 51.9. The van der Waals surface area contributed by atoms with E-state index in [1.54, 1.807) is 35.0 Å². The predicted octanol–water partition coefficient (Wildman–Crippen LogP) is 4.60. The van der Waals surface area contributed by atoms with Crippen molar-refractivity contribution >= 4 is 63.7 Å². The molecule has 1 aliphatic rings. The average Bonchev–Trinajstić information content (AvgIpc) is 3.20. The van der Waals surface area contributed by atoms with E-state index in [0.717, 1.165) is 15.8 Å². The number of amides is 5. The summed E-state index contributed by atoms with van der Waals surface area (Å²) in [5.74, 6) is -1.79. The Labute approximate surface area is 210 Å². The van der Waals surface area contributed by atoms with Gasteiger partial charge in [-0.25, -0.2) is 9.69 Å². The van der Waals surface area contributed by atoms with Crippen LogP contribution in [0.15, 0.2) is 90.6 Å². The van der Waals surface area contributed by atoms with Crippen molar-refractivity contribution in [3.63, 3.8) is 0 Å². The molecule has 9 heteroatoms. The second-order valence-electron chi connectivity index (χ2n) is 8.08. The lowest BCUT2D eigenvalue weighted by Crippen LogP contribution is -2.54. The Balaban J connectivity index is 1.49. The highest BCUT2D eigenvalue weighted by atomic mass is 35.5. The SMILES string of the molecule is O=C(Cn1cc(C=C2C(=O)NC(=O)N(c3ccc(Cl)cc3)C2=O)c2ccccc21)Nc1ccccc1. The third kappa shape index (κ3) is 4.49. The van der Waals surface area contributed by atoms with Gasteiger partial charge >= 0.3 is 6.03 Å². The van der Waals surface area contributed by atoms with E-state index in [0.29, 0.717) is 16.3 Å². The number of hydrogen-bond acceptors (Lipinski definition) is 4. The number of rotatable bonds is 5. The molecule has 0 spiro atoms. The molecule has 0 bridgehead atoms. The summed E-state index contributed by atoms with van der Waals surface area (Å²) < 4.78 is 1.74. The van der Waals surface area contributed by atoms with Crippen LogP contribution in [-0.4, -0.2) is 28.3 Å². The van der Waals surface area contributed by atoms with Crippen LogP contribution in [0.4, 0.5) is 16.2 Å². The van der Waals surface area contributed by atoms with Gasteiger partial charge in [0, 0.05) is 33.4 Å². The summed E-state index contributed by atoms with van der Waals surface area (Å²) in [5, 5.41) is 6.25. The van der Waals surface area contributed by atoms with Crippen molar-refractivity contribution in [2.75, 3.05) is 10.2 Å². The van der Waals surface area contributed by atoms with Crippen LogP contribution in [0, 0.1) is 0 Å². The normalized spacial score (nSPS) is 14.9. The van der Waals surface area contributed by atoms with Gasteiger partial charge in [0.1, 0.15) is 12.1 Å². The van der Waals surface area contributed by atoms with Crippen LogP contribution in [-0.2, 0) is 20.9 Å². The fourth-order valence-corrected chi connectivity index (χ4v) is 4.16. The molecule has 0 aliphatic carbocycles. The summed E-state index contributed by atoms with van der Waals surface area (Å²) in [6.07, 6.45) is 3.13. The van der Waals surface area contributed by atoms with Crippen molar-refractivity contribution < 1.29 is 19.2 Å². The highest BCUT2D eigenvalue weighted by Crippen LogP contribution is 2.27. The van der Waals surface area contributed by atoms with E-state index in [-0.39, 0.29) is 23.7 Å². The van der Waals surface area contributed by atoms with Gasteiger partial charge in [0.2, 0.25) is 5.91 Å². The van der Waals surface area contributed by atoms with Crippen LogP contribution in [0.2, 0.25) is 5.02 Å². The smallest absolute Gasteiger partial charge is 0.335 e. The maximum atomic E-state index is 13.2. The minimum Gasteiger partial charge on any atom is -0.337 e. The summed E-state index contributed by atoms with van der Waals surface area (Å²) in [6, 6.07) is 21.7.